The van der Waals surface area contributed by atoms with E-state index in [1.807, 2.05) is 77.5 Å². The van der Waals surface area contributed by atoms with E-state index in [-0.39, 0.29) is 17.1 Å². The van der Waals surface area contributed by atoms with E-state index in [0.29, 0.717) is 6.54 Å². The fourth-order valence-electron chi connectivity index (χ4n) is 2.94. The van der Waals surface area contributed by atoms with Gasteiger partial charge in [-0.05, 0) is 30.0 Å². The molecule has 5 rings (SSSR count). The van der Waals surface area contributed by atoms with Gasteiger partial charge in [-0.15, -0.1) is 0 Å². The van der Waals surface area contributed by atoms with Crippen LogP contribution >= 0.6 is 0 Å². The molecule has 0 fully saturated rings. The van der Waals surface area contributed by atoms with Crippen LogP contribution in [0.3, 0.4) is 0 Å². The minimum Gasteiger partial charge on any atom is -0.270 e. The number of hydrogen-bond acceptors (Lipinski definition) is 3. The molecule has 3 aromatic heterocycles. The summed E-state index contributed by atoms with van der Waals surface area (Å²) in [4.78, 5) is 8.86. The van der Waals surface area contributed by atoms with Gasteiger partial charge >= 0.3 is 17.1 Å². The fraction of sp³-hybridized carbons (Fsp3) is 0.0833. The van der Waals surface area contributed by atoms with Crippen LogP contribution in [0.1, 0.15) is 17.8 Å². The molecule has 0 saturated heterocycles. The quantitative estimate of drug-likeness (QED) is 0.347. The van der Waals surface area contributed by atoms with Gasteiger partial charge in [-0.3, -0.25) is 14.6 Å². The van der Waals surface area contributed by atoms with E-state index in [0.717, 1.165) is 34.8 Å². The number of allylic oxidation sites excluding steroid dienone is 4. The maximum Gasteiger partial charge on any atom is 2.00 e. The zero-order chi connectivity index (χ0) is 19.0. The van der Waals surface area contributed by atoms with Crippen molar-refractivity contribution in [3.63, 3.8) is 0 Å². The van der Waals surface area contributed by atoms with Crippen molar-refractivity contribution in [3.05, 3.63) is 115 Å². The molecule has 29 heavy (non-hydrogen) atoms. The van der Waals surface area contributed by atoms with Crippen LogP contribution in [0.15, 0.2) is 97.3 Å². The topological polar surface area (TPSA) is 43.6 Å². The van der Waals surface area contributed by atoms with Gasteiger partial charge in [0.05, 0.1) is 23.6 Å². The minimum atomic E-state index is 0. The molecular weight excluding hydrogens is 400 g/mol. The van der Waals surface area contributed by atoms with E-state index in [9.17, 15) is 0 Å². The van der Waals surface area contributed by atoms with Gasteiger partial charge in [0.25, 0.3) is 0 Å². The molecule has 4 nitrogen and oxygen atoms in total. The van der Waals surface area contributed by atoms with Gasteiger partial charge in [0.1, 0.15) is 0 Å². The first kappa shape index (κ1) is 20.6. The number of aromatic nitrogens is 4. The molecule has 0 amide bonds. The molecule has 5 heteroatoms. The smallest absolute Gasteiger partial charge is 0.270 e. The average molecular weight is 420 g/mol. The van der Waals surface area contributed by atoms with Crippen LogP contribution in [-0.2, 0) is 23.6 Å². The number of nitrogens with zero attached hydrogens (tertiary/aromatic N) is 4. The Kier molecular flexibility index (Phi) is 7.40. The van der Waals surface area contributed by atoms with Crippen molar-refractivity contribution in [2.45, 2.75) is 13.0 Å². The fourth-order valence-corrected chi connectivity index (χ4v) is 2.94. The summed E-state index contributed by atoms with van der Waals surface area (Å²) in [6.07, 6.45) is 11.9. The molecule has 4 aromatic rings. The van der Waals surface area contributed by atoms with Gasteiger partial charge in [0.15, 0.2) is 0 Å². The van der Waals surface area contributed by atoms with Gasteiger partial charge in [-0.1, -0.05) is 24.6 Å². The molecule has 1 aliphatic carbocycles. The van der Waals surface area contributed by atoms with Crippen molar-refractivity contribution in [2.75, 3.05) is 0 Å². The Hall–Kier alpha value is -3.14. The van der Waals surface area contributed by atoms with Crippen LogP contribution in [0.25, 0.3) is 17.0 Å². The molecule has 0 radical (unpaired) electrons. The van der Waals surface area contributed by atoms with Gasteiger partial charge in [0, 0.05) is 12.4 Å². The minimum absolute atomic E-state index is 0. The summed E-state index contributed by atoms with van der Waals surface area (Å²) >= 11 is 0. The van der Waals surface area contributed by atoms with Crippen LogP contribution in [-0.4, -0.2) is 19.7 Å². The molecule has 1 aromatic carbocycles. The second-order valence-corrected chi connectivity index (χ2v) is 6.27. The van der Waals surface area contributed by atoms with E-state index in [1.54, 1.807) is 12.4 Å². The molecule has 0 unspecified atom stereocenters. The number of pyridine rings is 2. The first-order valence-corrected chi connectivity index (χ1v) is 9.25. The largest absolute Gasteiger partial charge is 2.00 e. The molecule has 0 N–H and O–H groups in total. The Morgan fingerprint density at radius 2 is 1.72 bits per heavy atom. The second kappa shape index (κ2) is 10.4. The van der Waals surface area contributed by atoms with Gasteiger partial charge in [-0.25, -0.2) is 17.2 Å². The van der Waals surface area contributed by atoms with Crippen LogP contribution in [0, 0.1) is 6.08 Å². The summed E-state index contributed by atoms with van der Waals surface area (Å²) in [5.41, 5.74) is 4.84. The molecule has 144 valence electrons. The SMILES string of the molecule is [C-]1=CCC=C1c1cc(-c2ccccn2)n(Cc2ccccn2)n1.[Fe+2].c1cc[cH-]c1. The molecule has 1 aliphatic rings. The Morgan fingerprint density at radius 1 is 0.931 bits per heavy atom. The predicted molar refractivity (Wildman–Crippen MR) is 111 cm³/mol. The Labute approximate surface area is 181 Å². The van der Waals surface area contributed by atoms with E-state index in [1.165, 1.54) is 0 Å². The van der Waals surface area contributed by atoms with Crippen molar-refractivity contribution >= 4 is 5.57 Å². The van der Waals surface area contributed by atoms with Crippen LogP contribution < -0.4 is 0 Å². The van der Waals surface area contributed by atoms with E-state index < -0.39 is 0 Å². The molecule has 0 saturated carbocycles. The predicted octanol–water partition coefficient (Wildman–Crippen LogP) is 4.94. The molecule has 0 atom stereocenters. The molecule has 3 heterocycles. The first-order chi connectivity index (χ1) is 13.9. The monoisotopic (exact) mass is 420 g/mol. The number of hydrogen-bond donors (Lipinski definition) is 0. The summed E-state index contributed by atoms with van der Waals surface area (Å²) in [6, 6.07) is 23.9. The summed E-state index contributed by atoms with van der Waals surface area (Å²) in [6.45, 7) is 0.615. The van der Waals surface area contributed by atoms with Crippen LogP contribution in [0.2, 0.25) is 0 Å². The molecule has 0 bridgehead atoms. The normalized spacial score (nSPS) is 11.9. The Bertz CT molecular complexity index is 1030. The second-order valence-electron chi connectivity index (χ2n) is 6.27. The van der Waals surface area contributed by atoms with Crippen molar-refractivity contribution in [1.29, 1.82) is 0 Å². The molecule has 0 aliphatic heterocycles. The summed E-state index contributed by atoms with van der Waals surface area (Å²) in [5, 5.41) is 4.75. The standard InChI is InChI=1S/C19H15N4.C5H5.Fe/c1-2-8-15(7-1)18-13-19(17-10-4-6-12-21-17)23(22-18)14-16-9-3-5-11-20-16;1-2-4-5-3-1;/h1,3-6,8-13H,2,14H2;1-5H;/q2*-1;+2. The Balaban J connectivity index is 0.000000352. The zero-order valence-electron chi connectivity index (χ0n) is 15.8. The van der Waals surface area contributed by atoms with E-state index >= 15 is 0 Å². The summed E-state index contributed by atoms with van der Waals surface area (Å²) in [5.74, 6) is 0. The van der Waals surface area contributed by atoms with Gasteiger partial charge in [0.2, 0.25) is 0 Å². The van der Waals surface area contributed by atoms with E-state index in [2.05, 4.69) is 28.2 Å². The maximum atomic E-state index is 4.75. The third-order valence-corrected chi connectivity index (χ3v) is 4.27. The summed E-state index contributed by atoms with van der Waals surface area (Å²) < 4.78 is 1.96. The molecular formula is C24H20FeN4. The third kappa shape index (κ3) is 5.44. The maximum absolute atomic E-state index is 4.75. The van der Waals surface area contributed by atoms with E-state index in [4.69, 9.17) is 5.10 Å². The van der Waals surface area contributed by atoms with Crippen molar-refractivity contribution < 1.29 is 17.1 Å². The van der Waals surface area contributed by atoms with Crippen molar-refractivity contribution in [1.82, 2.24) is 19.7 Å². The van der Waals surface area contributed by atoms with Gasteiger partial charge in [-0.2, -0.15) is 42.0 Å². The number of rotatable bonds is 4. The third-order valence-electron chi connectivity index (χ3n) is 4.27. The zero-order valence-corrected chi connectivity index (χ0v) is 16.9. The molecule has 0 spiro atoms. The summed E-state index contributed by atoms with van der Waals surface area (Å²) in [7, 11) is 0. The first-order valence-electron chi connectivity index (χ1n) is 9.25. The van der Waals surface area contributed by atoms with Gasteiger partial charge < -0.3 is 0 Å². The van der Waals surface area contributed by atoms with Crippen LogP contribution in [0.4, 0.5) is 0 Å². The Morgan fingerprint density at radius 3 is 2.31 bits per heavy atom. The van der Waals surface area contributed by atoms with Crippen molar-refractivity contribution in [2.24, 2.45) is 0 Å². The average Bonchev–Trinajstić information content (AvgIpc) is 3.52. The van der Waals surface area contributed by atoms with Crippen LogP contribution in [0.5, 0.6) is 0 Å². The van der Waals surface area contributed by atoms with Crippen molar-refractivity contribution in [3.8, 4) is 11.4 Å².